The summed E-state index contributed by atoms with van der Waals surface area (Å²) >= 11 is 0. The molecule has 3 aromatic carbocycles. The van der Waals surface area contributed by atoms with Gasteiger partial charge in [-0.05, 0) is 28.3 Å². The van der Waals surface area contributed by atoms with E-state index in [4.69, 9.17) is 0 Å². The Balaban J connectivity index is 2.11. The second-order valence-corrected chi connectivity index (χ2v) is 5.56. The molecule has 0 aliphatic heterocycles. The van der Waals surface area contributed by atoms with Crippen LogP contribution in [0.15, 0.2) is 103 Å². The number of carbonyl (C=O) groups is 1. The van der Waals surface area contributed by atoms with E-state index in [1.54, 1.807) is 18.2 Å². The topological polar surface area (TPSA) is 37.3 Å². The van der Waals surface area contributed by atoms with E-state index in [1.807, 2.05) is 84.9 Å². The van der Waals surface area contributed by atoms with Crippen molar-refractivity contribution in [3.63, 3.8) is 0 Å². The first-order valence-electron chi connectivity index (χ1n) is 8.07. The number of carboxylic acids is 1. The monoisotopic (exact) mass is 326 g/mol. The summed E-state index contributed by atoms with van der Waals surface area (Å²) in [7, 11) is 0. The largest absolute Gasteiger partial charge is 0.478 e. The van der Waals surface area contributed by atoms with Crippen LogP contribution in [0.2, 0.25) is 0 Å². The summed E-state index contributed by atoms with van der Waals surface area (Å²) in [6.07, 6.45) is 3.55. The van der Waals surface area contributed by atoms with Crippen molar-refractivity contribution in [2.24, 2.45) is 0 Å². The number of hydrogen-bond donors (Lipinski definition) is 1. The molecule has 0 radical (unpaired) electrons. The molecule has 122 valence electrons. The van der Waals surface area contributed by atoms with Gasteiger partial charge in [-0.1, -0.05) is 97.1 Å². The molecule has 0 fully saturated rings. The van der Waals surface area contributed by atoms with Gasteiger partial charge >= 0.3 is 5.97 Å². The minimum absolute atomic E-state index is 0.268. The Hall–Kier alpha value is -3.39. The minimum atomic E-state index is -0.942. The highest BCUT2D eigenvalue weighted by atomic mass is 16.4. The van der Waals surface area contributed by atoms with Crippen LogP contribution in [0.1, 0.15) is 16.7 Å². The molecule has 25 heavy (non-hydrogen) atoms. The predicted molar refractivity (Wildman–Crippen MR) is 102 cm³/mol. The normalized spacial score (nSPS) is 11.0. The first-order valence-corrected chi connectivity index (χ1v) is 8.07. The molecule has 0 atom stereocenters. The van der Waals surface area contributed by atoms with Crippen molar-refractivity contribution in [2.45, 2.75) is 0 Å². The van der Waals surface area contributed by atoms with Gasteiger partial charge < -0.3 is 5.11 Å². The number of rotatable bonds is 5. The van der Waals surface area contributed by atoms with Crippen LogP contribution in [0.4, 0.5) is 0 Å². The van der Waals surface area contributed by atoms with Crippen molar-refractivity contribution in [3.05, 3.63) is 120 Å². The maximum atomic E-state index is 11.7. The lowest BCUT2D eigenvalue weighted by atomic mass is 9.96. The molecule has 0 saturated carbocycles. The van der Waals surface area contributed by atoms with Gasteiger partial charge in [0.15, 0.2) is 0 Å². The molecule has 3 aromatic rings. The second-order valence-electron chi connectivity index (χ2n) is 5.56. The van der Waals surface area contributed by atoms with Crippen molar-refractivity contribution in [1.29, 1.82) is 0 Å². The lowest BCUT2D eigenvalue weighted by molar-refractivity contribution is -0.130. The summed E-state index contributed by atoms with van der Waals surface area (Å²) in [5, 5.41) is 9.58. The van der Waals surface area contributed by atoms with E-state index < -0.39 is 5.97 Å². The molecule has 0 bridgehead atoms. The van der Waals surface area contributed by atoms with E-state index in [0.717, 1.165) is 16.7 Å². The van der Waals surface area contributed by atoms with Gasteiger partial charge in [0, 0.05) is 0 Å². The standard InChI is InChI=1S/C23H18O2/c24-23(25)22(20-14-8-3-9-15-20)17-16-21(18-10-4-1-5-11-18)19-12-6-2-7-13-19/h1-17H,(H,24,25)/b22-17+. The Bertz CT molecular complexity index is 851. The van der Waals surface area contributed by atoms with Gasteiger partial charge in [-0.2, -0.15) is 0 Å². The van der Waals surface area contributed by atoms with E-state index in [1.165, 1.54) is 0 Å². The molecule has 2 heteroatoms. The number of allylic oxidation sites excluding steroid dienone is 2. The number of benzene rings is 3. The van der Waals surface area contributed by atoms with E-state index in [-0.39, 0.29) is 5.57 Å². The average molecular weight is 326 g/mol. The smallest absolute Gasteiger partial charge is 0.336 e. The van der Waals surface area contributed by atoms with Crippen LogP contribution in [0.25, 0.3) is 11.1 Å². The van der Waals surface area contributed by atoms with Gasteiger partial charge in [-0.3, -0.25) is 0 Å². The Morgan fingerprint density at radius 2 is 1.00 bits per heavy atom. The Morgan fingerprint density at radius 1 is 0.600 bits per heavy atom. The van der Waals surface area contributed by atoms with Gasteiger partial charge in [-0.15, -0.1) is 0 Å². The van der Waals surface area contributed by atoms with Gasteiger partial charge in [0.1, 0.15) is 0 Å². The van der Waals surface area contributed by atoms with Crippen molar-refractivity contribution in [2.75, 3.05) is 0 Å². The maximum absolute atomic E-state index is 11.7. The van der Waals surface area contributed by atoms with Crippen molar-refractivity contribution in [1.82, 2.24) is 0 Å². The number of carboxylic acid groups (broad SMARTS) is 1. The third-order valence-electron chi connectivity index (χ3n) is 3.90. The summed E-state index contributed by atoms with van der Waals surface area (Å²) in [6.45, 7) is 0. The van der Waals surface area contributed by atoms with Crippen LogP contribution in [-0.4, -0.2) is 11.1 Å². The summed E-state index contributed by atoms with van der Waals surface area (Å²) in [4.78, 5) is 11.7. The fourth-order valence-corrected chi connectivity index (χ4v) is 2.67. The molecule has 2 nitrogen and oxygen atoms in total. The van der Waals surface area contributed by atoms with Gasteiger partial charge in [0.25, 0.3) is 0 Å². The molecule has 3 rings (SSSR count). The van der Waals surface area contributed by atoms with Crippen LogP contribution in [0, 0.1) is 0 Å². The van der Waals surface area contributed by atoms with Crippen LogP contribution < -0.4 is 0 Å². The van der Waals surface area contributed by atoms with Crippen molar-refractivity contribution in [3.8, 4) is 0 Å². The molecule has 0 saturated heterocycles. The van der Waals surface area contributed by atoms with E-state index >= 15 is 0 Å². The first-order chi connectivity index (χ1) is 12.3. The average Bonchev–Trinajstić information content (AvgIpc) is 2.67. The molecular formula is C23H18O2. The molecule has 0 unspecified atom stereocenters. The first kappa shape index (κ1) is 16.5. The summed E-state index contributed by atoms with van der Waals surface area (Å²) in [5.74, 6) is -0.942. The zero-order chi connectivity index (χ0) is 17.5. The number of hydrogen-bond acceptors (Lipinski definition) is 1. The summed E-state index contributed by atoms with van der Waals surface area (Å²) in [5.41, 5.74) is 4.03. The molecule has 0 aromatic heterocycles. The SMILES string of the molecule is O=C(O)/C(=C/C=C(c1ccccc1)c1ccccc1)c1ccccc1. The van der Waals surface area contributed by atoms with Gasteiger partial charge in [0.2, 0.25) is 0 Å². The van der Waals surface area contributed by atoms with E-state index in [2.05, 4.69) is 0 Å². The number of aliphatic carboxylic acids is 1. The van der Waals surface area contributed by atoms with Crippen molar-refractivity contribution < 1.29 is 9.90 Å². The van der Waals surface area contributed by atoms with E-state index in [9.17, 15) is 9.90 Å². The van der Waals surface area contributed by atoms with E-state index in [0.29, 0.717) is 5.56 Å². The third kappa shape index (κ3) is 4.12. The lowest BCUT2D eigenvalue weighted by Crippen LogP contribution is -1.99. The fourth-order valence-electron chi connectivity index (χ4n) is 2.67. The maximum Gasteiger partial charge on any atom is 0.336 e. The minimum Gasteiger partial charge on any atom is -0.478 e. The quantitative estimate of drug-likeness (QED) is 0.511. The predicted octanol–water partition coefficient (Wildman–Crippen LogP) is 5.29. The lowest BCUT2D eigenvalue weighted by Gasteiger charge is -2.08. The molecule has 0 aliphatic rings. The summed E-state index contributed by atoms with van der Waals surface area (Å²) in [6, 6.07) is 29.1. The van der Waals surface area contributed by atoms with Crippen LogP contribution in [0.3, 0.4) is 0 Å². The molecular weight excluding hydrogens is 308 g/mol. The summed E-state index contributed by atoms with van der Waals surface area (Å²) < 4.78 is 0. The van der Waals surface area contributed by atoms with Crippen LogP contribution >= 0.6 is 0 Å². The Morgan fingerprint density at radius 3 is 1.40 bits per heavy atom. The molecule has 0 amide bonds. The third-order valence-corrected chi connectivity index (χ3v) is 3.90. The zero-order valence-corrected chi connectivity index (χ0v) is 13.7. The van der Waals surface area contributed by atoms with Gasteiger partial charge in [0.05, 0.1) is 5.57 Å². The van der Waals surface area contributed by atoms with Crippen LogP contribution in [-0.2, 0) is 4.79 Å². The Kier molecular flexibility index (Phi) is 5.22. The molecule has 1 N–H and O–H groups in total. The highest BCUT2D eigenvalue weighted by Gasteiger charge is 2.10. The van der Waals surface area contributed by atoms with Crippen molar-refractivity contribution >= 4 is 17.1 Å². The zero-order valence-electron chi connectivity index (χ0n) is 13.7. The fraction of sp³-hybridized carbons (Fsp3) is 0. The highest BCUT2D eigenvalue weighted by molar-refractivity contribution is 6.16. The second kappa shape index (κ2) is 7.93. The highest BCUT2D eigenvalue weighted by Crippen LogP contribution is 2.24. The molecule has 0 spiro atoms. The molecule has 0 aliphatic carbocycles. The molecule has 0 heterocycles. The Labute approximate surface area is 147 Å². The van der Waals surface area contributed by atoms with Crippen LogP contribution in [0.5, 0.6) is 0 Å². The van der Waals surface area contributed by atoms with Gasteiger partial charge in [-0.25, -0.2) is 4.79 Å².